The molecule has 27 heavy (non-hydrogen) atoms. The molecule has 0 aliphatic heterocycles. The molecule has 140 valence electrons. The highest BCUT2D eigenvalue weighted by Crippen LogP contribution is 2.21. The van der Waals surface area contributed by atoms with Gasteiger partial charge in [-0.2, -0.15) is 10.2 Å². The lowest BCUT2D eigenvalue weighted by Gasteiger charge is -2.12. The first-order valence-electron chi connectivity index (χ1n) is 8.35. The van der Waals surface area contributed by atoms with Gasteiger partial charge in [0.1, 0.15) is 12.4 Å². The maximum Gasteiger partial charge on any atom is 0.255 e. The summed E-state index contributed by atoms with van der Waals surface area (Å²) in [5.41, 5.74) is 2.51. The Morgan fingerprint density at radius 1 is 1.30 bits per heavy atom. The number of hydrogen-bond acceptors (Lipinski definition) is 5. The second-order valence-electron chi connectivity index (χ2n) is 6.37. The Hall–Kier alpha value is -3.49. The topological polar surface area (TPSA) is 97.9 Å². The standard InChI is InChI=1S/C18H21N7O2/c1-12-8-15(24(4)22-12)21-16(26)11-25-10-13(9-20-25)17-14(6-5-7-19-17)18(27)23(2)3/h5-10H,11H2,1-4H3,(H,21,26). The molecule has 3 aromatic rings. The number of amides is 2. The Bertz CT molecular complexity index is 987. The van der Waals surface area contributed by atoms with Crippen molar-refractivity contribution in [1.29, 1.82) is 0 Å². The number of nitrogens with zero attached hydrogens (tertiary/aromatic N) is 6. The van der Waals surface area contributed by atoms with E-state index in [1.54, 1.807) is 62.6 Å². The highest BCUT2D eigenvalue weighted by Gasteiger charge is 2.17. The van der Waals surface area contributed by atoms with Crippen molar-refractivity contribution in [3.8, 4) is 11.3 Å². The number of anilines is 1. The number of rotatable bonds is 5. The maximum absolute atomic E-state index is 12.3. The van der Waals surface area contributed by atoms with Crippen LogP contribution in [0.25, 0.3) is 11.3 Å². The molecule has 9 heteroatoms. The van der Waals surface area contributed by atoms with E-state index in [-0.39, 0.29) is 18.4 Å². The first-order valence-corrected chi connectivity index (χ1v) is 8.35. The highest BCUT2D eigenvalue weighted by atomic mass is 16.2. The molecule has 0 radical (unpaired) electrons. The van der Waals surface area contributed by atoms with Crippen LogP contribution in [0.5, 0.6) is 0 Å². The van der Waals surface area contributed by atoms with E-state index >= 15 is 0 Å². The van der Waals surface area contributed by atoms with Gasteiger partial charge in [0.15, 0.2) is 0 Å². The Morgan fingerprint density at radius 3 is 2.74 bits per heavy atom. The summed E-state index contributed by atoms with van der Waals surface area (Å²) in [4.78, 5) is 30.4. The minimum absolute atomic E-state index is 0.0357. The van der Waals surface area contributed by atoms with Crippen LogP contribution in [0.15, 0.2) is 36.8 Å². The molecule has 0 fully saturated rings. The van der Waals surface area contributed by atoms with E-state index in [1.165, 1.54) is 9.58 Å². The minimum atomic E-state index is -0.224. The number of aromatic nitrogens is 5. The Kier molecular flexibility index (Phi) is 5.02. The average Bonchev–Trinajstić information content (AvgIpc) is 3.20. The summed E-state index contributed by atoms with van der Waals surface area (Å²) in [5, 5.41) is 11.2. The molecular weight excluding hydrogens is 346 g/mol. The van der Waals surface area contributed by atoms with Crippen LogP contribution in [-0.4, -0.2) is 55.4 Å². The number of carbonyl (C=O) groups is 2. The molecular formula is C18H21N7O2. The third-order valence-corrected chi connectivity index (χ3v) is 3.93. The van der Waals surface area contributed by atoms with Crippen molar-refractivity contribution >= 4 is 17.6 Å². The van der Waals surface area contributed by atoms with Gasteiger partial charge in [0.25, 0.3) is 5.91 Å². The van der Waals surface area contributed by atoms with Crippen molar-refractivity contribution in [2.75, 3.05) is 19.4 Å². The second kappa shape index (κ2) is 7.40. The average molecular weight is 367 g/mol. The number of aryl methyl sites for hydroxylation is 2. The van der Waals surface area contributed by atoms with Gasteiger partial charge in [-0.25, -0.2) is 0 Å². The van der Waals surface area contributed by atoms with Crippen molar-refractivity contribution in [3.63, 3.8) is 0 Å². The van der Waals surface area contributed by atoms with Crippen LogP contribution in [0.4, 0.5) is 5.82 Å². The summed E-state index contributed by atoms with van der Waals surface area (Å²) in [6, 6.07) is 5.23. The van der Waals surface area contributed by atoms with Crippen molar-refractivity contribution in [1.82, 2.24) is 29.4 Å². The van der Waals surface area contributed by atoms with Crippen LogP contribution < -0.4 is 5.32 Å². The van der Waals surface area contributed by atoms with Gasteiger partial charge in [-0.3, -0.25) is 23.9 Å². The molecule has 0 unspecified atom stereocenters. The first kappa shape index (κ1) is 18.3. The number of carbonyl (C=O) groups excluding carboxylic acids is 2. The van der Waals surface area contributed by atoms with Crippen molar-refractivity contribution in [2.24, 2.45) is 7.05 Å². The molecule has 3 heterocycles. The fourth-order valence-electron chi connectivity index (χ4n) is 2.68. The molecule has 1 N–H and O–H groups in total. The zero-order valence-corrected chi connectivity index (χ0v) is 15.7. The van der Waals surface area contributed by atoms with Crippen LogP contribution in [0.2, 0.25) is 0 Å². The quantitative estimate of drug-likeness (QED) is 0.734. The van der Waals surface area contributed by atoms with Crippen molar-refractivity contribution < 1.29 is 9.59 Å². The van der Waals surface area contributed by atoms with Gasteiger partial charge in [0, 0.05) is 45.2 Å². The number of hydrogen-bond donors (Lipinski definition) is 1. The van der Waals surface area contributed by atoms with E-state index in [2.05, 4.69) is 20.5 Å². The summed E-state index contributed by atoms with van der Waals surface area (Å²) in [6.07, 6.45) is 4.91. The summed E-state index contributed by atoms with van der Waals surface area (Å²) in [5.74, 6) is 0.252. The van der Waals surface area contributed by atoms with Gasteiger partial charge in [-0.05, 0) is 19.1 Å². The van der Waals surface area contributed by atoms with Crippen LogP contribution in [0.1, 0.15) is 16.1 Å². The molecule has 9 nitrogen and oxygen atoms in total. The third kappa shape index (κ3) is 4.02. The molecule has 0 aliphatic rings. The normalized spacial score (nSPS) is 10.7. The van der Waals surface area contributed by atoms with E-state index in [4.69, 9.17) is 0 Å². The van der Waals surface area contributed by atoms with Gasteiger partial charge in [-0.15, -0.1) is 0 Å². The lowest BCUT2D eigenvalue weighted by atomic mass is 10.1. The van der Waals surface area contributed by atoms with Crippen LogP contribution >= 0.6 is 0 Å². The van der Waals surface area contributed by atoms with Crippen LogP contribution in [-0.2, 0) is 18.4 Å². The fourth-order valence-corrected chi connectivity index (χ4v) is 2.68. The largest absolute Gasteiger partial charge is 0.345 e. The molecule has 0 atom stereocenters. The predicted molar refractivity (Wildman–Crippen MR) is 100 cm³/mol. The molecule has 3 aromatic heterocycles. The predicted octanol–water partition coefficient (Wildman–Crippen LogP) is 1.33. The van der Waals surface area contributed by atoms with Gasteiger partial charge >= 0.3 is 0 Å². The molecule has 3 rings (SSSR count). The highest BCUT2D eigenvalue weighted by molar-refractivity contribution is 5.99. The monoisotopic (exact) mass is 367 g/mol. The molecule has 0 spiro atoms. The molecule has 0 aromatic carbocycles. The van der Waals surface area contributed by atoms with Crippen molar-refractivity contribution in [2.45, 2.75) is 13.5 Å². The van der Waals surface area contributed by atoms with Crippen molar-refractivity contribution in [3.05, 3.63) is 48.0 Å². The smallest absolute Gasteiger partial charge is 0.255 e. The fraction of sp³-hybridized carbons (Fsp3) is 0.278. The SMILES string of the molecule is Cc1cc(NC(=O)Cn2cc(-c3ncccc3C(=O)N(C)C)cn2)n(C)n1. The zero-order valence-electron chi connectivity index (χ0n) is 15.7. The molecule has 0 aliphatic carbocycles. The van der Waals surface area contributed by atoms with E-state index in [0.29, 0.717) is 22.6 Å². The van der Waals surface area contributed by atoms with E-state index in [1.807, 2.05) is 6.92 Å². The lowest BCUT2D eigenvalue weighted by Crippen LogP contribution is -2.22. The molecule has 0 bridgehead atoms. The Balaban J connectivity index is 1.77. The summed E-state index contributed by atoms with van der Waals surface area (Å²) < 4.78 is 3.11. The van der Waals surface area contributed by atoms with Crippen LogP contribution in [0.3, 0.4) is 0 Å². The number of pyridine rings is 1. The molecule has 0 saturated heterocycles. The maximum atomic E-state index is 12.3. The van der Waals surface area contributed by atoms with E-state index in [0.717, 1.165) is 5.69 Å². The van der Waals surface area contributed by atoms with E-state index in [9.17, 15) is 9.59 Å². The Labute approximate surface area is 156 Å². The van der Waals surface area contributed by atoms with Gasteiger partial charge < -0.3 is 10.2 Å². The Morgan fingerprint density at radius 2 is 2.07 bits per heavy atom. The number of nitrogens with one attached hydrogen (secondary N) is 1. The lowest BCUT2D eigenvalue weighted by molar-refractivity contribution is -0.116. The molecule has 0 saturated carbocycles. The van der Waals surface area contributed by atoms with Gasteiger partial charge in [0.2, 0.25) is 5.91 Å². The summed E-state index contributed by atoms with van der Waals surface area (Å²) >= 11 is 0. The van der Waals surface area contributed by atoms with E-state index < -0.39 is 0 Å². The van der Waals surface area contributed by atoms with Crippen LogP contribution in [0, 0.1) is 6.92 Å². The summed E-state index contributed by atoms with van der Waals surface area (Å²) in [7, 11) is 5.14. The second-order valence-corrected chi connectivity index (χ2v) is 6.37. The van der Waals surface area contributed by atoms with Gasteiger partial charge in [-0.1, -0.05) is 0 Å². The summed E-state index contributed by atoms with van der Waals surface area (Å²) in [6.45, 7) is 1.89. The first-order chi connectivity index (χ1) is 12.8. The minimum Gasteiger partial charge on any atom is -0.345 e. The third-order valence-electron chi connectivity index (χ3n) is 3.93. The molecule has 2 amide bonds. The zero-order chi connectivity index (χ0) is 19.6. The van der Waals surface area contributed by atoms with Gasteiger partial charge in [0.05, 0.1) is 23.1 Å².